The SMILES string of the molecule is CCCCCCCCCCCCCCCCCCCCCCCCCCCCCCCCCCCCCCCCCCC(=O)[O-].[Li+]. The second-order valence-electron chi connectivity index (χ2n) is 14.9. The normalized spacial score (nSPS) is 11.2. The zero-order valence-electron chi connectivity index (χ0n) is 32.3. The Labute approximate surface area is 303 Å². The van der Waals surface area contributed by atoms with Gasteiger partial charge in [0, 0.05) is 5.97 Å². The molecule has 270 valence electrons. The van der Waals surface area contributed by atoms with E-state index < -0.39 is 5.97 Å². The molecule has 0 aromatic rings. The van der Waals surface area contributed by atoms with E-state index in [-0.39, 0.29) is 25.3 Å². The Bertz CT molecular complexity index is 537. The predicted octanol–water partition coefficient (Wildman–Crippen LogP) is 11.8. The van der Waals surface area contributed by atoms with Crippen molar-refractivity contribution in [1.82, 2.24) is 0 Å². The molecule has 0 saturated carbocycles. The van der Waals surface area contributed by atoms with Gasteiger partial charge in [0.25, 0.3) is 0 Å². The molecular weight excluding hydrogens is 555 g/mol. The van der Waals surface area contributed by atoms with Crippen molar-refractivity contribution in [3.63, 3.8) is 0 Å². The molecule has 0 bridgehead atoms. The van der Waals surface area contributed by atoms with Crippen molar-refractivity contribution < 1.29 is 28.8 Å². The van der Waals surface area contributed by atoms with Gasteiger partial charge in [0.2, 0.25) is 0 Å². The quantitative estimate of drug-likeness (QED) is 0.0493. The van der Waals surface area contributed by atoms with Crippen molar-refractivity contribution in [2.75, 3.05) is 0 Å². The molecule has 0 N–H and O–H groups in total. The molecule has 0 heterocycles. The van der Waals surface area contributed by atoms with Crippen LogP contribution in [0.25, 0.3) is 0 Å². The van der Waals surface area contributed by atoms with E-state index in [1.165, 1.54) is 244 Å². The summed E-state index contributed by atoms with van der Waals surface area (Å²) >= 11 is 0. The van der Waals surface area contributed by atoms with Crippen LogP contribution >= 0.6 is 0 Å². The molecule has 0 atom stereocenters. The Morgan fingerprint density at radius 2 is 0.413 bits per heavy atom. The Hall–Kier alpha value is 0.0674. The fraction of sp³-hybridized carbons (Fsp3) is 0.977. The Morgan fingerprint density at radius 3 is 0.543 bits per heavy atom. The van der Waals surface area contributed by atoms with Gasteiger partial charge in [0.1, 0.15) is 0 Å². The van der Waals surface area contributed by atoms with Crippen LogP contribution in [0.3, 0.4) is 0 Å². The van der Waals surface area contributed by atoms with Crippen molar-refractivity contribution in [1.29, 1.82) is 0 Å². The minimum Gasteiger partial charge on any atom is -0.550 e. The average Bonchev–Trinajstić information content (AvgIpc) is 3.03. The molecule has 3 heteroatoms. The molecular formula is C43H85LiO2. The van der Waals surface area contributed by atoms with Crippen LogP contribution in [0.1, 0.15) is 270 Å². The van der Waals surface area contributed by atoms with Gasteiger partial charge in [-0.2, -0.15) is 0 Å². The smallest absolute Gasteiger partial charge is 0.550 e. The number of unbranched alkanes of at least 4 members (excludes halogenated alkanes) is 39. The van der Waals surface area contributed by atoms with E-state index >= 15 is 0 Å². The van der Waals surface area contributed by atoms with E-state index in [0.717, 1.165) is 12.8 Å². The molecule has 2 nitrogen and oxygen atoms in total. The first-order valence-electron chi connectivity index (χ1n) is 21.5. The van der Waals surface area contributed by atoms with Gasteiger partial charge in [-0.1, -0.05) is 257 Å². The minimum atomic E-state index is -0.897. The molecule has 0 fully saturated rings. The summed E-state index contributed by atoms with van der Waals surface area (Å²) in [5, 5.41) is 10.4. The van der Waals surface area contributed by atoms with Gasteiger partial charge in [0.15, 0.2) is 0 Å². The molecule has 0 amide bonds. The zero-order chi connectivity index (χ0) is 32.6. The number of aliphatic carboxylic acids is 1. The zero-order valence-corrected chi connectivity index (χ0v) is 32.3. The number of rotatable bonds is 41. The molecule has 0 spiro atoms. The van der Waals surface area contributed by atoms with Gasteiger partial charge in [0.05, 0.1) is 0 Å². The number of carbonyl (C=O) groups is 1. The van der Waals surface area contributed by atoms with E-state index in [9.17, 15) is 9.90 Å². The van der Waals surface area contributed by atoms with Crippen molar-refractivity contribution >= 4 is 5.97 Å². The van der Waals surface area contributed by atoms with Crippen LogP contribution in [-0.4, -0.2) is 5.97 Å². The van der Waals surface area contributed by atoms with Gasteiger partial charge >= 0.3 is 18.9 Å². The molecule has 0 aromatic carbocycles. The third-order valence-corrected chi connectivity index (χ3v) is 10.2. The van der Waals surface area contributed by atoms with Gasteiger partial charge in [-0.15, -0.1) is 0 Å². The summed E-state index contributed by atoms with van der Waals surface area (Å²) in [5.41, 5.74) is 0. The summed E-state index contributed by atoms with van der Waals surface area (Å²) in [6.07, 6.45) is 57.0. The Kier molecular flexibility index (Phi) is 47.2. The number of hydrogen-bond acceptors (Lipinski definition) is 2. The summed E-state index contributed by atoms with van der Waals surface area (Å²) in [6.45, 7) is 2.31. The molecule has 0 saturated heterocycles. The monoisotopic (exact) mass is 641 g/mol. The van der Waals surface area contributed by atoms with Crippen LogP contribution < -0.4 is 24.0 Å². The third kappa shape index (κ3) is 46.2. The summed E-state index contributed by atoms with van der Waals surface area (Å²) < 4.78 is 0. The van der Waals surface area contributed by atoms with Crippen molar-refractivity contribution in [3.05, 3.63) is 0 Å². The van der Waals surface area contributed by atoms with Crippen LogP contribution in [0.15, 0.2) is 0 Å². The summed E-state index contributed by atoms with van der Waals surface area (Å²) in [6, 6.07) is 0. The van der Waals surface area contributed by atoms with E-state index in [0.29, 0.717) is 0 Å². The Morgan fingerprint density at radius 1 is 0.283 bits per heavy atom. The largest absolute Gasteiger partial charge is 1.00 e. The maximum atomic E-state index is 10.4. The molecule has 0 aromatic heterocycles. The summed E-state index contributed by atoms with van der Waals surface area (Å²) in [7, 11) is 0. The maximum absolute atomic E-state index is 10.4. The van der Waals surface area contributed by atoms with E-state index in [1.54, 1.807) is 0 Å². The summed E-state index contributed by atoms with van der Waals surface area (Å²) in [5.74, 6) is -0.897. The maximum Gasteiger partial charge on any atom is 1.00 e. The molecule has 0 unspecified atom stereocenters. The molecule has 0 aliphatic carbocycles. The van der Waals surface area contributed by atoms with Crippen LogP contribution in [0.2, 0.25) is 0 Å². The molecule has 46 heavy (non-hydrogen) atoms. The topological polar surface area (TPSA) is 40.1 Å². The minimum absolute atomic E-state index is 0. The average molecular weight is 641 g/mol. The van der Waals surface area contributed by atoms with Gasteiger partial charge in [-0.25, -0.2) is 0 Å². The molecule has 0 rings (SSSR count). The molecule has 0 radical (unpaired) electrons. The first-order valence-corrected chi connectivity index (χ1v) is 21.5. The fourth-order valence-corrected chi connectivity index (χ4v) is 7.06. The van der Waals surface area contributed by atoms with Crippen LogP contribution in [0.5, 0.6) is 0 Å². The van der Waals surface area contributed by atoms with Crippen molar-refractivity contribution in [2.45, 2.75) is 270 Å². The van der Waals surface area contributed by atoms with E-state index in [4.69, 9.17) is 0 Å². The van der Waals surface area contributed by atoms with Crippen LogP contribution in [0, 0.1) is 0 Å². The van der Waals surface area contributed by atoms with Crippen molar-refractivity contribution in [2.24, 2.45) is 0 Å². The number of carboxylic acids is 1. The van der Waals surface area contributed by atoms with Crippen LogP contribution in [0.4, 0.5) is 0 Å². The predicted molar refractivity (Wildman–Crippen MR) is 200 cm³/mol. The number of carboxylic acid groups (broad SMARTS) is 1. The standard InChI is InChI=1S/C43H86O2.Li/c1-2-3-4-5-6-7-8-9-10-11-12-13-14-15-16-17-18-19-20-21-22-23-24-25-26-27-28-29-30-31-32-33-34-35-36-37-38-39-40-41-42-43(44)45;/h2-42H2,1H3,(H,44,45);/q;+1/p-1. The Balaban J connectivity index is 0. The fourth-order valence-electron chi connectivity index (χ4n) is 7.06. The number of hydrogen-bond donors (Lipinski definition) is 0. The molecule has 0 aliphatic heterocycles. The third-order valence-electron chi connectivity index (χ3n) is 10.2. The van der Waals surface area contributed by atoms with E-state index in [2.05, 4.69) is 6.92 Å². The molecule has 0 aliphatic rings. The second kappa shape index (κ2) is 45.1. The first-order chi connectivity index (χ1) is 22.3. The van der Waals surface area contributed by atoms with Gasteiger partial charge in [-0.3, -0.25) is 0 Å². The van der Waals surface area contributed by atoms with Crippen LogP contribution in [-0.2, 0) is 4.79 Å². The summed E-state index contributed by atoms with van der Waals surface area (Å²) in [4.78, 5) is 10.4. The first kappa shape index (κ1) is 48.2. The second-order valence-corrected chi connectivity index (χ2v) is 14.9. The number of carbonyl (C=O) groups excluding carboxylic acids is 1. The van der Waals surface area contributed by atoms with Gasteiger partial charge < -0.3 is 9.90 Å². The van der Waals surface area contributed by atoms with Crippen molar-refractivity contribution in [3.8, 4) is 0 Å². The van der Waals surface area contributed by atoms with Gasteiger partial charge in [-0.05, 0) is 12.8 Å². The van der Waals surface area contributed by atoms with E-state index in [1.807, 2.05) is 0 Å².